The molecule has 0 amide bonds. The fraction of sp³-hybridized carbons (Fsp3) is 0.100. The molecule has 0 saturated carbocycles. The van der Waals surface area contributed by atoms with Gasteiger partial charge >= 0.3 is 0 Å². The first-order valence-electron chi connectivity index (χ1n) is 4.22. The van der Waals surface area contributed by atoms with Gasteiger partial charge in [-0.2, -0.15) is 0 Å². The number of nitrogens with zero attached hydrogens (tertiary/aromatic N) is 4. The Balaban J connectivity index is 2.75. The maximum Gasteiger partial charge on any atom is 0.0704 e. The quantitative estimate of drug-likeness (QED) is 0.380. The van der Waals surface area contributed by atoms with Gasteiger partial charge < -0.3 is 0 Å². The van der Waals surface area contributed by atoms with Crippen molar-refractivity contribution in [1.29, 1.82) is 0 Å². The third-order valence-corrected chi connectivity index (χ3v) is 2.09. The second kappa shape index (κ2) is 3.36. The van der Waals surface area contributed by atoms with Gasteiger partial charge in [0.1, 0.15) is 0 Å². The van der Waals surface area contributed by atoms with Crippen LogP contribution in [0.5, 0.6) is 0 Å². The summed E-state index contributed by atoms with van der Waals surface area (Å²) in [5.74, 6) is 0. The molecule has 14 heavy (non-hydrogen) atoms. The third kappa shape index (κ3) is 1.39. The summed E-state index contributed by atoms with van der Waals surface area (Å²) in [6, 6.07) is 7.74. The van der Waals surface area contributed by atoms with Crippen LogP contribution in [-0.2, 0) is 0 Å². The summed E-state index contributed by atoms with van der Waals surface area (Å²) in [6.45, 7) is 2.00. The fourth-order valence-corrected chi connectivity index (χ4v) is 1.39. The highest BCUT2D eigenvalue weighted by Gasteiger charge is 1.98. The molecule has 0 aliphatic carbocycles. The number of hydrogen-bond donors (Lipinski definition) is 0. The maximum atomic E-state index is 8.29. The van der Waals surface area contributed by atoms with Crippen molar-refractivity contribution in [3.8, 4) is 0 Å². The van der Waals surface area contributed by atoms with E-state index in [0.29, 0.717) is 5.69 Å². The normalized spacial score (nSPS) is 9.79. The number of azide groups is 1. The molecule has 0 fully saturated rings. The van der Waals surface area contributed by atoms with Crippen molar-refractivity contribution in [2.75, 3.05) is 0 Å². The summed E-state index contributed by atoms with van der Waals surface area (Å²) in [5, 5.41) is 4.54. The molecule has 0 saturated heterocycles. The van der Waals surface area contributed by atoms with E-state index < -0.39 is 0 Å². The zero-order valence-corrected chi connectivity index (χ0v) is 7.68. The van der Waals surface area contributed by atoms with Gasteiger partial charge in [-0.25, -0.2) is 0 Å². The Morgan fingerprint density at radius 1 is 1.43 bits per heavy atom. The van der Waals surface area contributed by atoms with Crippen LogP contribution in [0.2, 0.25) is 0 Å². The molecular weight excluding hydrogens is 176 g/mol. The lowest BCUT2D eigenvalue weighted by Gasteiger charge is -2.00. The molecule has 1 heterocycles. The Bertz CT molecular complexity index is 527. The van der Waals surface area contributed by atoms with Gasteiger partial charge in [0.05, 0.1) is 11.2 Å². The van der Waals surface area contributed by atoms with E-state index >= 15 is 0 Å². The Labute approximate surface area is 80.8 Å². The molecule has 0 bridgehead atoms. The second-order valence-corrected chi connectivity index (χ2v) is 3.02. The van der Waals surface area contributed by atoms with E-state index in [1.54, 1.807) is 6.20 Å². The van der Waals surface area contributed by atoms with E-state index in [4.69, 9.17) is 5.53 Å². The Kier molecular flexibility index (Phi) is 2.05. The van der Waals surface area contributed by atoms with Crippen LogP contribution in [0, 0.1) is 6.92 Å². The minimum Gasteiger partial charge on any atom is -0.256 e. The number of pyridine rings is 1. The van der Waals surface area contributed by atoms with Crippen LogP contribution < -0.4 is 0 Å². The fourth-order valence-electron chi connectivity index (χ4n) is 1.39. The standard InChI is InChI=1S/C10H8N4/c1-7-3-2-4-10-9(7)5-8(6-12-10)13-14-11/h2-6H,1H3. The highest BCUT2D eigenvalue weighted by Crippen LogP contribution is 2.21. The minimum absolute atomic E-state index is 0.550. The van der Waals surface area contributed by atoms with Crippen molar-refractivity contribution in [2.24, 2.45) is 5.11 Å². The second-order valence-electron chi connectivity index (χ2n) is 3.02. The number of aryl methyl sites for hydroxylation is 1. The average Bonchev–Trinajstić information content (AvgIpc) is 2.20. The van der Waals surface area contributed by atoms with Gasteiger partial charge in [0.25, 0.3) is 0 Å². The maximum absolute atomic E-state index is 8.29. The monoisotopic (exact) mass is 184 g/mol. The summed E-state index contributed by atoms with van der Waals surface area (Å²) < 4.78 is 0. The Hall–Kier alpha value is -2.06. The minimum atomic E-state index is 0.550. The van der Waals surface area contributed by atoms with Gasteiger partial charge in [-0.05, 0) is 30.2 Å². The molecule has 0 atom stereocenters. The van der Waals surface area contributed by atoms with Crippen molar-refractivity contribution in [3.63, 3.8) is 0 Å². The summed E-state index contributed by atoms with van der Waals surface area (Å²) >= 11 is 0. The predicted molar refractivity (Wildman–Crippen MR) is 55.3 cm³/mol. The van der Waals surface area contributed by atoms with Crippen molar-refractivity contribution in [2.45, 2.75) is 6.92 Å². The molecule has 68 valence electrons. The van der Waals surface area contributed by atoms with E-state index in [1.807, 2.05) is 31.2 Å². The summed E-state index contributed by atoms with van der Waals surface area (Å²) in [5.41, 5.74) is 10.9. The first-order valence-corrected chi connectivity index (χ1v) is 4.22. The van der Waals surface area contributed by atoms with Crippen LogP contribution in [0.1, 0.15) is 5.56 Å². The van der Waals surface area contributed by atoms with Gasteiger partial charge in [0, 0.05) is 16.5 Å². The largest absolute Gasteiger partial charge is 0.256 e. The molecule has 0 unspecified atom stereocenters. The van der Waals surface area contributed by atoms with Crippen LogP contribution >= 0.6 is 0 Å². The zero-order valence-electron chi connectivity index (χ0n) is 7.68. The topological polar surface area (TPSA) is 61.7 Å². The molecule has 0 radical (unpaired) electrons. The molecule has 0 spiro atoms. The lowest BCUT2D eigenvalue weighted by Crippen LogP contribution is -1.80. The highest BCUT2D eigenvalue weighted by atomic mass is 15.1. The van der Waals surface area contributed by atoms with Gasteiger partial charge in [-0.3, -0.25) is 4.98 Å². The highest BCUT2D eigenvalue weighted by molar-refractivity contribution is 5.84. The summed E-state index contributed by atoms with van der Waals surface area (Å²) in [7, 11) is 0. The number of fused-ring (bicyclic) bond motifs is 1. The molecule has 0 aliphatic heterocycles. The van der Waals surface area contributed by atoms with E-state index in [2.05, 4.69) is 15.0 Å². The molecule has 4 nitrogen and oxygen atoms in total. The smallest absolute Gasteiger partial charge is 0.0704 e. The van der Waals surface area contributed by atoms with Crippen LogP contribution in [0.25, 0.3) is 21.3 Å². The lowest BCUT2D eigenvalue weighted by atomic mass is 10.1. The summed E-state index contributed by atoms with van der Waals surface area (Å²) in [4.78, 5) is 6.92. The van der Waals surface area contributed by atoms with E-state index in [0.717, 1.165) is 16.5 Å². The molecule has 2 aromatic rings. The van der Waals surface area contributed by atoms with Crippen LogP contribution in [0.15, 0.2) is 35.6 Å². The third-order valence-electron chi connectivity index (χ3n) is 2.09. The van der Waals surface area contributed by atoms with Gasteiger partial charge in [-0.1, -0.05) is 17.2 Å². The SMILES string of the molecule is Cc1cccc2ncc(N=[N+]=[N-])cc12. The molecule has 2 rings (SSSR count). The molecule has 1 aromatic carbocycles. The van der Waals surface area contributed by atoms with Crippen molar-refractivity contribution in [3.05, 3.63) is 46.5 Å². The number of rotatable bonds is 1. The predicted octanol–water partition coefficient (Wildman–Crippen LogP) is 3.49. The summed E-state index contributed by atoms with van der Waals surface area (Å²) in [6.07, 6.45) is 1.57. The lowest BCUT2D eigenvalue weighted by molar-refractivity contribution is 1.35. The van der Waals surface area contributed by atoms with Crippen LogP contribution in [0.4, 0.5) is 5.69 Å². The Morgan fingerprint density at radius 2 is 2.29 bits per heavy atom. The van der Waals surface area contributed by atoms with E-state index in [9.17, 15) is 0 Å². The number of aromatic nitrogens is 1. The molecular formula is C10H8N4. The molecule has 0 aliphatic rings. The van der Waals surface area contributed by atoms with Gasteiger partial charge in [-0.15, -0.1) is 0 Å². The number of hydrogen-bond acceptors (Lipinski definition) is 2. The van der Waals surface area contributed by atoms with E-state index in [-0.39, 0.29) is 0 Å². The Morgan fingerprint density at radius 3 is 3.07 bits per heavy atom. The van der Waals surface area contributed by atoms with E-state index in [1.165, 1.54) is 0 Å². The van der Waals surface area contributed by atoms with Crippen molar-refractivity contribution in [1.82, 2.24) is 4.98 Å². The van der Waals surface area contributed by atoms with Crippen LogP contribution in [-0.4, -0.2) is 4.98 Å². The van der Waals surface area contributed by atoms with Gasteiger partial charge in [0.2, 0.25) is 0 Å². The first kappa shape index (κ1) is 8.53. The average molecular weight is 184 g/mol. The molecule has 0 N–H and O–H groups in total. The van der Waals surface area contributed by atoms with Gasteiger partial charge in [0.15, 0.2) is 0 Å². The molecule has 4 heteroatoms. The van der Waals surface area contributed by atoms with Crippen molar-refractivity contribution >= 4 is 16.6 Å². The number of benzene rings is 1. The first-order chi connectivity index (χ1) is 6.81. The van der Waals surface area contributed by atoms with Crippen LogP contribution in [0.3, 0.4) is 0 Å². The van der Waals surface area contributed by atoms with Crippen molar-refractivity contribution < 1.29 is 0 Å². The molecule has 1 aromatic heterocycles. The zero-order chi connectivity index (χ0) is 9.97.